The summed E-state index contributed by atoms with van der Waals surface area (Å²) in [6, 6.07) is 6.03. The van der Waals surface area contributed by atoms with E-state index in [2.05, 4.69) is 0 Å². The fraction of sp³-hybridized carbons (Fsp3) is 0.0164. The van der Waals surface area contributed by atoms with Crippen LogP contribution in [0.2, 0.25) is 0 Å². The van der Waals surface area contributed by atoms with Crippen molar-refractivity contribution in [1.82, 2.24) is 0 Å². The van der Waals surface area contributed by atoms with Crippen molar-refractivity contribution in [2.45, 2.75) is 15.2 Å². The Labute approximate surface area is 622 Å². The number of hydrogen-bond donors (Lipinski definition) is 0. The quantitative estimate of drug-likeness (QED) is 0.153. The topological polar surface area (TPSA) is 3.24 Å². The van der Waals surface area contributed by atoms with E-state index in [0.29, 0.717) is 33.4 Å². The van der Waals surface area contributed by atoms with Gasteiger partial charge in [0.1, 0.15) is 275 Å². The Morgan fingerprint density at radius 3 is 0.939 bits per heavy atom. The van der Waals surface area contributed by atoms with E-state index in [1.807, 2.05) is 0 Å². The average molecular weight is 1160 g/mol. The Bertz CT molecular complexity index is 5330. The summed E-state index contributed by atoms with van der Waals surface area (Å²) in [7, 11) is 243. The summed E-state index contributed by atoms with van der Waals surface area (Å²) in [6.07, 6.45) is 0. The second-order valence-corrected chi connectivity index (χ2v) is 25.3. The normalized spacial score (nSPS) is 12.7. The highest BCUT2D eigenvalue weighted by atomic mass is 32.2. The molecule has 1 nitrogen and oxygen atoms in total. The van der Waals surface area contributed by atoms with Crippen LogP contribution < -0.4 is 196 Å². The van der Waals surface area contributed by atoms with Crippen LogP contribution in [-0.2, 0) is 5.41 Å². The molecule has 1 heterocycles. The minimum atomic E-state index is -1.75. The van der Waals surface area contributed by atoms with Crippen molar-refractivity contribution >= 4 is 495 Å². The molecule has 10 aromatic carbocycles. The van der Waals surface area contributed by atoms with Gasteiger partial charge in [0.25, 0.3) is 0 Å². The first-order valence-corrected chi connectivity index (χ1v) is 29.8. The molecular formula is C61H4B35NS. The molecule has 364 valence electrons. The van der Waals surface area contributed by atoms with E-state index >= 15 is 0 Å². The van der Waals surface area contributed by atoms with Crippen molar-refractivity contribution in [2.75, 3.05) is 4.90 Å². The minimum Gasteiger partial charge on any atom is -0.314 e. The number of hydrogen-bond acceptors (Lipinski definition) is 2. The van der Waals surface area contributed by atoms with Crippen LogP contribution in [0.4, 0.5) is 17.1 Å². The van der Waals surface area contributed by atoms with Gasteiger partial charge in [-0.1, -0.05) is 150 Å². The van der Waals surface area contributed by atoms with Crippen molar-refractivity contribution in [1.29, 1.82) is 0 Å². The zero-order chi connectivity index (χ0) is 71.9. The monoisotopic (exact) mass is 1170 g/mol. The largest absolute Gasteiger partial charge is 0.314 e. The molecule has 0 amide bonds. The van der Waals surface area contributed by atoms with Crippen molar-refractivity contribution < 1.29 is 0 Å². The lowest BCUT2D eigenvalue weighted by atomic mass is 9.56. The van der Waals surface area contributed by atoms with Crippen molar-refractivity contribution in [3.63, 3.8) is 0 Å². The molecule has 2 aliphatic carbocycles. The standard InChI is InChI=1S/C61H4B35NS/c62-8-4-12(29(69)34(74)17(8)21-36(76)45(85)50(90)46(86)37(21)77)97(58-54(94)40(80)23(41(81)55(58)95)22-38(78)47(87)51(91)48(88)39(22)79)57-52(92)30(70)14(31(71)53(57)93)5-1-9(63)28(68)59-13(5)19-18-20-25(43(83)49(89)56(96)60(20)98-59)61(24(18)42(82)44(84)35(19)75)6-2-10(64)26(66)32(72)15(6)16-7(61)3-11(65)27(67)33(16)73/h1-4H. The molecule has 13 rings (SSSR count). The molecule has 0 bridgehead atoms. The van der Waals surface area contributed by atoms with Crippen LogP contribution in [0, 0.1) is 0 Å². The first-order valence-electron chi connectivity index (χ1n) is 29.0. The Morgan fingerprint density at radius 2 is 0.510 bits per heavy atom. The highest BCUT2D eigenvalue weighted by Gasteiger charge is 2.56. The van der Waals surface area contributed by atoms with Crippen molar-refractivity contribution in [3.8, 4) is 66.8 Å². The summed E-state index contributed by atoms with van der Waals surface area (Å²) in [5.74, 6) is 0. The fourth-order valence-corrected chi connectivity index (χ4v) is 15.7. The molecule has 0 saturated heterocycles. The first kappa shape index (κ1) is 71.0. The molecule has 0 atom stereocenters. The molecule has 10 aromatic rings. The van der Waals surface area contributed by atoms with Gasteiger partial charge in [-0.3, -0.25) is 0 Å². The number of nitrogens with zero attached hydrogens (tertiary/aromatic N) is 1. The van der Waals surface area contributed by atoms with E-state index in [-0.39, 0.29) is 274 Å². The lowest BCUT2D eigenvalue weighted by Gasteiger charge is -2.39. The third kappa shape index (κ3) is 9.11. The predicted octanol–water partition coefficient (Wildman–Crippen LogP) is -25.6. The summed E-state index contributed by atoms with van der Waals surface area (Å²) >= 11 is 1.03. The van der Waals surface area contributed by atoms with Crippen LogP contribution in [-0.4, -0.2) is 275 Å². The second-order valence-electron chi connectivity index (χ2n) is 24.3. The zero-order valence-corrected chi connectivity index (χ0v) is 52.7. The Morgan fingerprint density at radius 1 is 0.204 bits per heavy atom. The minimum absolute atomic E-state index is 0.000555. The molecule has 0 N–H and O–H groups in total. The highest BCUT2D eigenvalue weighted by Crippen LogP contribution is 2.65. The van der Waals surface area contributed by atoms with Crippen LogP contribution >= 0.6 is 11.8 Å². The van der Waals surface area contributed by atoms with Gasteiger partial charge in [0.2, 0.25) is 0 Å². The fourth-order valence-electron chi connectivity index (χ4n) is 14.4. The van der Waals surface area contributed by atoms with Gasteiger partial charge >= 0.3 is 0 Å². The van der Waals surface area contributed by atoms with Crippen LogP contribution in [0.25, 0.3) is 66.8 Å². The van der Waals surface area contributed by atoms with E-state index < -0.39 is 5.41 Å². The summed E-state index contributed by atoms with van der Waals surface area (Å²) in [6.45, 7) is 0. The molecule has 0 unspecified atom stereocenters. The lowest BCUT2D eigenvalue weighted by Crippen LogP contribution is -2.57. The molecule has 1 aliphatic heterocycles. The molecule has 0 aromatic heterocycles. The van der Waals surface area contributed by atoms with Crippen molar-refractivity contribution in [3.05, 3.63) is 46.5 Å². The summed E-state index contributed by atoms with van der Waals surface area (Å²) in [4.78, 5) is 1.71. The first-order chi connectivity index (χ1) is 45.8. The van der Waals surface area contributed by atoms with Crippen LogP contribution in [0.15, 0.2) is 34.1 Å². The maximum atomic E-state index is 7.52. The van der Waals surface area contributed by atoms with Gasteiger partial charge in [0, 0.05) is 38.0 Å². The van der Waals surface area contributed by atoms with E-state index in [9.17, 15) is 0 Å². The van der Waals surface area contributed by atoms with Gasteiger partial charge < -0.3 is 4.90 Å². The third-order valence-electron chi connectivity index (χ3n) is 19.5. The highest BCUT2D eigenvalue weighted by molar-refractivity contribution is 8.00. The third-order valence-corrected chi connectivity index (χ3v) is 20.7. The summed E-state index contributed by atoms with van der Waals surface area (Å²) in [5.41, 5.74) is -5.30. The number of fused-ring (bicyclic) bond motifs is 9. The molecule has 37 heteroatoms. The molecule has 0 saturated carbocycles. The van der Waals surface area contributed by atoms with Crippen molar-refractivity contribution in [2.24, 2.45) is 0 Å². The number of rotatable bonds is 6. The predicted molar refractivity (Wildman–Crippen MR) is 452 cm³/mol. The Kier molecular flexibility index (Phi) is 17.5. The van der Waals surface area contributed by atoms with E-state index in [1.54, 1.807) is 12.1 Å². The Balaban J connectivity index is 1.16. The molecule has 3 aliphatic rings. The molecular weight excluding hydrogens is 1160 g/mol. The molecule has 0 fully saturated rings. The zero-order valence-electron chi connectivity index (χ0n) is 51.9. The molecule has 98 heavy (non-hydrogen) atoms. The van der Waals surface area contributed by atoms with Gasteiger partial charge in [-0.15, -0.1) is 71.0 Å². The summed E-state index contributed by atoms with van der Waals surface area (Å²) < 4.78 is 0. The van der Waals surface area contributed by atoms with Gasteiger partial charge in [0.15, 0.2) is 0 Å². The lowest BCUT2D eigenvalue weighted by molar-refractivity contribution is 0.807. The maximum Gasteiger partial charge on any atom is 0.115 e. The number of benzene rings is 10. The van der Waals surface area contributed by atoms with Crippen LogP contribution in [0.3, 0.4) is 0 Å². The smallest absolute Gasteiger partial charge is 0.115 e. The van der Waals surface area contributed by atoms with E-state index in [4.69, 9.17) is 275 Å². The maximum absolute atomic E-state index is 7.52. The SMILES string of the molecule is [B]c1cc2c(c([B])c1[B])-c1c(cc([B])c([B])c1[B])C21c2c([B])c([B])c([B])c3c2-c2c(c([B])c([B])c([B])c21)-c1c(-c2c([B])c([B])c(N(c4cc([B])c(-c5c([B])c([B])c([B])c([B])c5[B])c([B])c4[B])c4c([B])c([B])c(-c5c([B])c([B])c([B])c([B])c5[B])c([B])c4[B])c([B])c2[B])cc([B])c([B])c1S3. The molecule has 1 spiro atoms. The van der Waals surface area contributed by atoms with Gasteiger partial charge in [-0.2, -0.15) is 0 Å². The van der Waals surface area contributed by atoms with Gasteiger partial charge in [-0.25, -0.2) is 0 Å². The van der Waals surface area contributed by atoms with Crippen LogP contribution in [0.1, 0.15) is 22.3 Å². The van der Waals surface area contributed by atoms with E-state index in [0.717, 1.165) is 11.8 Å². The second kappa shape index (κ2) is 24.1. The molecule has 70 radical (unpaired) electrons. The van der Waals surface area contributed by atoms with Gasteiger partial charge in [0.05, 0.1) is 5.41 Å². The van der Waals surface area contributed by atoms with Gasteiger partial charge in [-0.05, 0) is 84.0 Å². The summed E-state index contributed by atoms with van der Waals surface area (Å²) in [5, 5.41) is 0. The van der Waals surface area contributed by atoms with Crippen LogP contribution in [0.5, 0.6) is 0 Å². The average Bonchev–Trinajstić information content (AvgIpc) is 1.47. The van der Waals surface area contributed by atoms with E-state index in [1.165, 1.54) is 17.0 Å². The number of anilines is 3. The Hall–Kier alpha value is -5.38.